The van der Waals surface area contributed by atoms with Crippen LogP contribution in [0.4, 0.5) is 0 Å². The first-order valence-corrected chi connectivity index (χ1v) is 5.54. The van der Waals surface area contributed by atoms with Crippen LogP contribution < -0.4 is 9.47 Å². The first-order chi connectivity index (χ1) is 9.67. The van der Waals surface area contributed by atoms with E-state index in [0.717, 1.165) is 0 Å². The smallest absolute Gasteiger partial charge is 0.340 e. The van der Waals surface area contributed by atoms with Crippen molar-refractivity contribution in [2.24, 2.45) is 5.10 Å². The number of nitrogens with zero attached hydrogens (tertiary/aromatic N) is 4. The summed E-state index contributed by atoms with van der Waals surface area (Å²) in [5.74, 6) is -0.648. The maximum Gasteiger partial charge on any atom is 0.340 e. The van der Waals surface area contributed by atoms with Crippen molar-refractivity contribution in [3.05, 3.63) is 35.9 Å². The average Bonchev–Trinajstić information content (AvgIpc) is 2.96. The monoisotopic (exact) mass is 276 g/mol. The van der Waals surface area contributed by atoms with E-state index in [4.69, 9.17) is 9.47 Å². The number of aromatic carboxylic acids is 1. The van der Waals surface area contributed by atoms with Gasteiger partial charge in [0.05, 0.1) is 20.4 Å². The number of hydrogen-bond acceptors (Lipinski definition) is 6. The van der Waals surface area contributed by atoms with Crippen LogP contribution in [0.3, 0.4) is 0 Å². The van der Waals surface area contributed by atoms with Gasteiger partial charge < -0.3 is 14.6 Å². The Labute approximate surface area is 114 Å². The molecule has 0 unspecified atom stereocenters. The molecule has 0 saturated carbocycles. The number of benzene rings is 1. The lowest BCUT2D eigenvalue weighted by Gasteiger charge is -2.12. The molecule has 0 bridgehead atoms. The van der Waals surface area contributed by atoms with Gasteiger partial charge in [-0.2, -0.15) is 5.10 Å². The zero-order valence-corrected chi connectivity index (χ0v) is 10.8. The van der Waals surface area contributed by atoms with E-state index in [1.165, 1.54) is 37.8 Å². The van der Waals surface area contributed by atoms with Crippen LogP contribution in [0.1, 0.15) is 15.9 Å². The lowest BCUT2D eigenvalue weighted by Crippen LogP contribution is -2.07. The molecule has 0 amide bonds. The molecule has 1 aromatic heterocycles. The fourth-order valence-electron chi connectivity index (χ4n) is 1.65. The van der Waals surface area contributed by atoms with E-state index in [1.807, 2.05) is 0 Å². The van der Waals surface area contributed by atoms with E-state index in [0.29, 0.717) is 11.3 Å². The molecule has 2 rings (SSSR count). The second-order valence-electron chi connectivity index (χ2n) is 3.66. The van der Waals surface area contributed by atoms with Gasteiger partial charge in [-0.1, -0.05) is 0 Å². The second kappa shape index (κ2) is 5.83. The summed E-state index contributed by atoms with van der Waals surface area (Å²) >= 11 is 0. The molecule has 8 heteroatoms. The Morgan fingerprint density at radius 3 is 2.55 bits per heavy atom. The molecule has 0 radical (unpaired) electrons. The SMILES string of the molecule is COc1ccc(C=Nn2cnnc2)c(C(=O)O)c1OC. The van der Waals surface area contributed by atoms with Gasteiger partial charge in [0.2, 0.25) is 0 Å². The zero-order valence-electron chi connectivity index (χ0n) is 10.8. The molecule has 0 spiro atoms. The first kappa shape index (κ1) is 13.5. The Balaban J connectivity index is 2.50. The molecule has 2 aromatic rings. The summed E-state index contributed by atoms with van der Waals surface area (Å²) in [7, 11) is 2.82. The third-order valence-electron chi connectivity index (χ3n) is 2.53. The summed E-state index contributed by atoms with van der Waals surface area (Å²) in [6.45, 7) is 0. The molecule has 0 aliphatic rings. The first-order valence-electron chi connectivity index (χ1n) is 5.54. The van der Waals surface area contributed by atoms with E-state index in [2.05, 4.69) is 15.3 Å². The van der Waals surface area contributed by atoms with Gasteiger partial charge in [0, 0.05) is 5.56 Å². The highest BCUT2D eigenvalue weighted by Crippen LogP contribution is 2.32. The highest BCUT2D eigenvalue weighted by atomic mass is 16.5. The van der Waals surface area contributed by atoms with Crippen LogP contribution in [0.15, 0.2) is 29.9 Å². The normalized spacial score (nSPS) is 10.7. The highest BCUT2D eigenvalue weighted by Gasteiger charge is 2.19. The predicted octanol–water partition coefficient (Wildman–Crippen LogP) is 0.876. The van der Waals surface area contributed by atoms with E-state index in [1.54, 1.807) is 12.1 Å². The van der Waals surface area contributed by atoms with Crippen molar-refractivity contribution in [3.63, 3.8) is 0 Å². The van der Waals surface area contributed by atoms with Gasteiger partial charge in [-0.3, -0.25) is 0 Å². The molecule has 20 heavy (non-hydrogen) atoms. The van der Waals surface area contributed by atoms with Gasteiger partial charge in [-0.25, -0.2) is 9.47 Å². The zero-order chi connectivity index (χ0) is 14.5. The Morgan fingerprint density at radius 2 is 2.00 bits per heavy atom. The number of aromatic nitrogens is 3. The largest absolute Gasteiger partial charge is 0.493 e. The standard InChI is InChI=1S/C12H12N4O4/c1-19-9-4-3-8(5-15-16-6-13-14-7-16)10(12(17)18)11(9)20-2/h3-7H,1-2H3,(H,17,18). The molecule has 8 nitrogen and oxygen atoms in total. The molecule has 1 N–H and O–H groups in total. The van der Waals surface area contributed by atoms with Crippen molar-refractivity contribution in [1.82, 2.24) is 14.9 Å². The van der Waals surface area contributed by atoms with Crippen LogP contribution >= 0.6 is 0 Å². The van der Waals surface area contributed by atoms with Gasteiger partial charge in [-0.15, -0.1) is 10.2 Å². The Bertz CT molecular complexity index is 637. The number of carbonyl (C=O) groups is 1. The molecular formula is C12H12N4O4. The van der Waals surface area contributed by atoms with Gasteiger partial charge in [-0.05, 0) is 12.1 Å². The minimum Gasteiger partial charge on any atom is -0.493 e. The third-order valence-corrected chi connectivity index (χ3v) is 2.53. The summed E-state index contributed by atoms with van der Waals surface area (Å²) < 4.78 is 11.5. The fraction of sp³-hybridized carbons (Fsp3) is 0.167. The summed E-state index contributed by atoms with van der Waals surface area (Å²) in [5, 5.41) is 20.5. The van der Waals surface area contributed by atoms with E-state index in [-0.39, 0.29) is 11.3 Å². The number of hydrogen-bond donors (Lipinski definition) is 1. The summed E-state index contributed by atoms with van der Waals surface area (Å²) in [4.78, 5) is 11.4. The molecule has 0 atom stereocenters. The maximum absolute atomic E-state index is 11.4. The van der Waals surface area contributed by atoms with E-state index >= 15 is 0 Å². The highest BCUT2D eigenvalue weighted by molar-refractivity contribution is 6.01. The molecule has 0 aliphatic heterocycles. The number of ether oxygens (including phenoxy) is 2. The molecule has 104 valence electrons. The van der Waals surface area contributed by atoms with Crippen molar-refractivity contribution in [1.29, 1.82) is 0 Å². The summed E-state index contributed by atoms with van der Waals surface area (Å²) in [6.07, 6.45) is 4.16. The van der Waals surface area contributed by atoms with Crippen molar-refractivity contribution in [2.75, 3.05) is 14.2 Å². The quantitative estimate of drug-likeness (QED) is 0.814. The Hall–Kier alpha value is -2.90. The van der Waals surface area contributed by atoms with Crippen LogP contribution in [-0.2, 0) is 0 Å². The molecule has 0 saturated heterocycles. The minimum absolute atomic E-state index is 0.0244. The van der Waals surface area contributed by atoms with Gasteiger partial charge in [0.15, 0.2) is 11.5 Å². The van der Waals surface area contributed by atoms with Crippen LogP contribution in [0.25, 0.3) is 0 Å². The van der Waals surface area contributed by atoms with Crippen molar-refractivity contribution in [3.8, 4) is 11.5 Å². The lowest BCUT2D eigenvalue weighted by molar-refractivity contribution is 0.0692. The van der Waals surface area contributed by atoms with E-state index < -0.39 is 5.97 Å². The summed E-state index contributed by atoms with van der Waals surface area (Å²) in [5.41, 5.74) is 0.354. The van der Waals surface area contributed by atoms with Gasteiger partial charge >= 0.3 is 5.97 Å². The third kappa shape index (κ3) is 2.58. The lowest BCUT2D eigenvalue weighted by atomic mass is 10.1. The van der Waals surface area contributed by atoms with Crippen LogP contribution in [0.5, 0.6) is 11.5 Å². The Morgan fingerprint density at radius 1 is 1.30 bits per heavy atom. The van der Waals surface area contributed by atoms with Crippen LogP contribution in [0.2, 0.25) is 0 Å². The predicted molar refractivity (Wildman–Crippen MR) is 69.5 cm³/mol. The van der Waals surface area contributed by atoms with Crippen molar-refractivity contribution >= 4 is 12.2 Å². The molecule has 1 aromatic carbocycles. The number of carboxylic acids is 1. The van der Waals surface area contributed by atoms with Crippen LogP contribution in [0, 0.1) is 0 Å². The molecule has 0 aliphatic carbocycles. The van der Waals surface area contributed by atoms with Gasteiger partial charge in [0.1, 0.15) is 18.2 Å². The van der Waals surface area contributed by atoms with Gasteiger partial charge in [0.25, 0.3) is 0 Å². The van der Waals surface area contributed by atoms with Crippen molar-refractivity contribution in [2.45, 2.75) is 0 Å². The van der Waals surface area contributed by atoms with Crippen molar-refractivity contribution < 1.29 is 19.4 Å². The number of carboxylic acid groups (broad SMARTS) is 1. The number of methoxy groups -OCH3 is 2. The molecule has 0 fully saturated rings. The maximum atomic E-state index is 11.4. The van der Waals surface area contributed by atoms with E-state index in [9.17, 15) is 9.90 Å². The van der Waals surface area contributed by atoms with Crippen LogP contribution in [-0.4, -0.2) is 46.4 Å². The summed E-state index contributed by atoms with van der Waals surface area (Å²) in [6, 6.07) is 3.19. The Kier molecular flexibility index (Phi) is 3.94. The second-order valence-corrected chi connectivity index (χ2v) is 3.66. The number of rotatable bonds is 5. The molecule has 1 heterocycles. The average molecular weight is 276 g/mol. The minimum atomic E-state index is -1.13. The topological polar surface area (TPSA) is 98.8 Å². The fourth-order valence-corrected chi connectivity index (χ4v) is 1.65. The molecular weight excluding hydrogens is 264 g/mol.